The van der Waals surface area contributed by atoms with Crippen molar-refractivity contribution in [2.75, 3.05) is 50.7 Å². The summed E-state index contributed by atoms with van der Waals surface area (Å²) >= 11 is 0. The highest BCUT2D eigenvalue weighted by atomic mass is 19.1. The lowest BCUT2D eigenvalue weighted by Gasteiger charge is -2.53. The number of halogens is 1. The fraction of sp³-hybridized carbons (Fsp3) is 0.688. The number of anilines is 1. The van der Waals surface area contributed by atoms with Crippen LogP contribution in [0.25, 0.3) is 0 Å². The molecule has 2 fully saturated rings. The molecule has 3 heterocycles. The lowest BCUT2D eigenvalue weighted by Crippen LogP contribution is -2.62. The van der Waals surface area contributed by atoms with Crippen molar-refractivity contribution >= 4 is 11.7 Å². The lowest BCUT2D eigenvalue weighted by molar-refractivity contribution is -0.0339. The van der Waals surface area contributed by atoms with E-state index in [4.69, 9.17) is 4.74 Å². The molecule has 4 rings (SSSR count). The van der Waals surface area contributed by atoms with Crippen LogP contribution < -0.4 is 15.0 Å². The van der Waals surface area contributed by atoms with Crippen molar-refractivity contribution < 1.29 is 13.9 Å². The molecule has 1 aromatic heterocycles. The molecule has 1 aromatic carbocycles. The molecule has 2 aliphatic rings. The molecular weight excluding hydrogens is 533 g/mol. The molecule has 0 radical (unpaired) electrons. The monoisotopic (exact) mass is 583 g/mol. The second kappa shape index (κ2) is 14.1. The molecule has 1 amide bonds. The highest BCUT2D eigenvalue weighted by Gasteiger charge is 2.50. The summed E-state index contributed by atoms with van der Waals surface area (Å²) in [6.45, 7) is 21.5. The Hall–Kier alpha value is -2.85. The van der Waals surface area contributed by atoms with Gasteiger partial charge < -0.3 is 19.9 Å². The van der Waals surface area contributed by atoms with Gasteiger partial charge in [0, 0.05) is 50.2 Å². The third kappa shape index (κ3) is 7.56. The summed E-state index contributed by atoms with van der Waals surface area (Å²) in [5.74, 6) is 1.59. The van der Waals surface area contributed by atoms with E-state index >= 15 is 0 Å². The van der Waals surface area contributed by atoms with E-state index in [0.717, 1.165) is 45.7 Å². The SMILES string of the molecule is CCN(C(=O)c1cc(F)ccc1Oc1nncnc1N1CCC2(C1)CN(C(CCCNCC(C)C)C(C)C)C2)C(C)C. The van der Waals surface area contributed by atoms with Crippen LogP contribution in [0.15, 0.2) is 24.5 Å². The molecule has 42 heavy (non-hydrogen) atoms. The predicted octanol–water partition coefficient (Wildman–Crippen LogP) is 5.24. The zero-order valence-corrected chi connectivity index (χ0v) is 26.6. The zero-order chi connectivity index (χ0) is 30.4. The molecule has 0 saturated carbocycles. The molecule has 9 nitrogen and oxygen atoms in total. The quantitative estimate of drug-likeness (QED) is 0.303. The van der Waals surface area contributed by atoms with E-state index in [-0.39, 0.29) is 34.6 Å². The minimum absolute atomic E-state index is 0.0352. The average Bonchev–Trinajstić information content (AvgIpc) is 3.37. The normalized spacial score (nSPS) is 17.4. The first kappa shape index (κ1) is 32.1. The van der Waals surface area contributed by atoms with Gasteiger partial charge in [0.25, 0.3) is 11.8 Å². The maximum Gasteiger partial charge on any atom is 0.282 e. The molecule has 2 aliphatic heterocycles. The van der Waals surface area contributed by atoms with Crippen molar-refractivity contribution in [3.63, 3.8) is 0 Å². The molecule has 1 atom stereocenters. The third-order valence-corrected chi connectivity index (χ3v) is 8.63. The highest BCUT2D eigenvalue weighted by molar-refractivity contribution is 5.97. The molecule has 1 unspecified atom stereocenters. The van der Waals surface area contributed by atoms with E-state index in [9.17, 15) is 9.18 Å². The van der Waals surface area contributed by atoms with Crippen LogP contribution in [0, 0.1) is 23.1 Å². The zero-order valence-electron chi connectivity index (χ0n) is 26.6. The molecule has 1 spiro atoms. The van der Waals surface area contributed by atoms with Gasteiger partial charge in [-0.2, -0.15) is 0 Å². The Bertz CT molecular complexity index is 1190. The van der Waals surface area contributed by atoms with E-state index in [1.165, 1.54) is 37.4 Å². The topological polar surface area (TPSA) is 86.7 Å². The van der Waals surface area contributed by atoms with Gasteiger partial charge in [0.2, 0.25) is 0 Å². The number of amides is 1. The Kier molecular flexibility index (Phi) is 10.8. The van der Waals surface area contributed by atoms with Crippen LogP contribution in [0.3, 0.4) is 0 Å². The summed E-state index contributed by atoms with van der Waals surface area (Å²) in [5, 5.41) is 11.8. The number of ether oxygens (including phenoxy) is 1. The Morgan fingerprint density at radius 3 is 2.60 bits per heavy atom. The number of hydrogen-bond acceptors (Lipinski definition) is 8. The highest BCUT2D eigenvalue weighted by Crippen LogP contribution is 2.44. The van der Waals surface area contributed by atoms with Gasteiger partial charge in [-0.15, -0.1) is 10.2 Å². The molecule has 2 saturated heterocycles. The van der Waals surface area contributed by atoms with Crippen molar-refractivity contribution in [2.45, 2.75) is 79.8 Å². The van der Waals surface area contributed by atoms with Crippen LogP contribution in [0.2, 0.25) is 0 Å². The fourth-order valence-corrected chi connectivity index (χ4v) is 6.49. The molecule has 1 N–H and O–H groups in total. The van der Waals surface area contributed by atoms with E-state index in [1.807, 2.05) is 20.8 Å². The number of rotatable bonds is 14. The average molecular weight is 584 g/mol. The second-order valence-electron chi connectivity index (χ2n) is 13.1. The molecule has 232 valence electrons. The maximum atomic E-state index is 14.3. The summed E-state index contributed by atoms with van der Waals surface area (Å²) in [5.41, 5.74) is 0.384. The van der Waals surface area contributed by atoms with Gasteiger partial charge in [0.15, 0.2) is 5.82 Å². The van der Waals surface area contributed by atoms with Gasteiger partial charge in [0.1, 0.15) is 17.9 Å². The number of hydrogen-bond donors (Lipinski definition) is 1. The second-order valence-corrected chi connectivity index (χ2v) is 13.1. The van der Waals surface area contributed by atoms with Gasteiger partial charge in [-0.25, -0.2) is 9.37 Å². The van der Waals surface area contributed by atoms with E-state index < -0.39 is 5.82 Å². The van der Waals surface area contributed by atoms with E-state index in [2.05, 4.69) is 58.0 Å². The Balaban J connectivity index is 1.42. The van der Waals surface area contributed by atoms with E-state index in [1.54, 1.807) is 4.90 Å². The van der Waals surface area contributed by atoms with Gasteiger partial charge in [0.05, 0.1) is 5.56 Å². The number of benzene rings is 1. The smallest absolute Gasteiger partial charge is 0.282 e. The molecule has 2 aromatic rings. The van der Waals surface area contributed by atoms with Crippen LogP contribution in [0.5, 0.6) is 11.6 Å². The Morgan fingerprint density at radius 2 is 1.93 bits per heavy atom. The summed E-state index contributed by atoms with van der Waals surface area (Å²) in [6.07, 6.45) is 4.91. The largest absolute Gasteiger partial charge is 0.434 e. The minimum Gasteiger partial charge on any atom is -0.434 e. The maximum absolute atomic E-state index is 14.3. The van der Waals surface area contributed by atoms with Crippen molar-refractivity contribution in [1.29, 1.82) is 0 Å². The third-order valence-electron chi connectivity index (χ3n) is 8.63. The number of carbonyl (C=O) groups is 1. The van der Waals surface area contributed by atoms with Crippen LogP contribution in [-0.4, -0.2) is 88.8 Å². The van der Waals surface area contributed by atoms with Crippen molar-refractivity contribution in [2.24, 2.45) is 17.3 Å². The van der Waals surface area contributed by atoms with E-state index in [0.29, 0.717) is 30.2 Å². The number of carbonyl (C=O) groups excluding carboxylic acids is 1. The number of nitrogens with zero attached hydrogens (tertiary/aromatic N) is 6. The summed E-state index contributed by atoms with van der Waals surface area (Å²) in [4.78, 5) is 24.4. The van der Waals surface area contributed by atoms with Crippen molar-refractivity contribution in [3.05, 3.63) is 35.9 Å². The summed E-state index contributed by atoms with van der Waals surface area (Å²) < 4.78 is 20.4. The van der Waals surface area contributed by atoms with Gasteiger partial charge in [-0.3, -0.25) is 9.69 Å². The first-order valence-corrected chi connectivity index (χ1v) is 15.7. The predicted molar refractivity (Wildman–Crippen MR) is 165 cm³/mol. The number of nitrogens with one attached hydrogen (secondary N) is 1. The number of likely N-dealkylation sites (tertiary alicyclic amines) is 1. The van der Waals surface area contributed by atoms with Crippen LogP contribution in [-0.2, 0) is 0 Å². The summed E-state index contributed by atoms with van der Waals surface area (Å²) in [6, 6.07) is 4.56. The fourth-order valence-electron chi connectivity index (χ4n) is 6.49. The van der Waals surface area contributed by atoms with Crippen molar-refractivity contribution in [3.8, 4) is 11.6 Å². The first-order chi connectivity index (χ1) is 20.0. The van der Waals surface area contributed by atoms with Crippen LogP contribution >= 0.6 is 0 Å². The molecular formula is C32H50FN7O2. The Labute approximate surface area is 251 Å². The van der Waals surface area contributed by atoms with Crippen molar-refractivity contribution in [1.82, 2.24) is 30.3 Å². The molecule has 0 aliphatic carbocycles. The standard InChI is InChI=1S/C32H50FN7O2/c1-8-40(24(6)7)31(41)26-16-25(33)11-12-28(26)42-30-29(35-21-36-37-30)38-15-13-32(18-38)19-39(20-32)27(23(4)5)10-9-14-34-17-22(2)3/h11-12,16,21-24,27,34H,8-10,13-15,17-20H2,1-7H3. The lowest BCUT2D eigenvalue weighted by atomic mass is 9.76. The van der Waals surface area contributed by atoms with Crippen LogP contribution in [0.4, 0.5) is 10.2 Å². The minimum atomic E-state index is -0.495. The molecule has 10 heteroatoms. The number of aromatic nitrogens is 3. The first-order valence-electron chi connectivity index (χ1n) is 15.7. The van der Waals surface area contributed by atoms with Crippen LogP contribution in [0.1, 0.15) is 78.1 Å². The summed E-state index contributed by atoms with van der Waals surface area (Å²) in [7, 11) is 0. The van der Waals surface area contributed by atoms with Gasteiger partial charge in [-0.05, 0) is 83.2 Å². The van der Waals surface area contributed by atoms with Gasteiger partial charge >= 0.3 is 0 Å². The van der Waals surface area contributed by atoms with Gasteiger partial charge in [-0.1, -0.05) is 27.7 Å². The molecule has 0 bridgehead atoms. The Morgan fingerprint density at radius 1 is 1.17 bits per heavy atom.